The van der Waals surface area contributed by atoms with Crippen LogP contribution in [0.5, 0.6) is 11.5 Å². The van der Waals surface area contributed by atoms with Gasteiger partial charge in [0.2, 0.25) is 0 Å². The van der Waals surface area contributed by atoms with E-state index in [0.29, 0.717) is 24.5 Å². The molecule has 0 saturated heterocycles. The molecule has 0 aliphatic carbocycles. The maximum Gasteiger partial charge on any atom is 0.332 e. The van der Waals surface area contributed by atoms with Crippen molar-refractivity contribution in [2.75, 3.05) is 6.61 Å². The second-order valence-electron chi connectivity index (χ2n) is 4.85. The Labute approximate surface area is 132 Å². The lowest BCUT2D eigenvalue weighted by Gasteiger charge is -2.19. The molecule has 10 nitrogen and oxygen atoms in total. The van der Waals surface area contributed by atoms with E-state index in [1.807, 2.05) is 6.92 Å². The van der Waals surface area contributed by atoms with Gasteiger partial charge in [0, 0.05) is 24.6 Å². The van der Waals surface area contributed by atoms with Gasteiger partial charge in [-0.1, -0.05) is 17.3 Å². The van der Waals surface area contributed by atoms with Gasteiger partial charge in [-0.3, -0.25) is 0 Å². The summed E-state index contributed by atoms with van der Waals surface area (Å²) in [7, 11) is 0. The van der Waals surface area contributed by atoms with Gasteiger partial charge in [0.05, 0.1) is 6.04 Å². The number of aliphatic imine (C=N–C) groups is 1. The lowest BCUT2D eigenvalue weighted by Crippen LogP contribution is -2.22. The fourth-order valence-corrected chi connectivity index (χ4v) is 2.17. The summed E-state index contributed by atoms with van der Waals surface area (Å²) >= 11 is 0. The predicted octanol–water partition coefficient (Wildman–Crippen LogP) is 1.97. The number of ether oxygens (including phenoxy) is 2. The van der Waals surface area contributed by atoms with Crippen LogP contribution in [0.2, 0.25) is 0 Å². The Morgan fingerprint density at radius 1 is 1.43 bits per heavy atom. The third kappa shape index (κ3) is 4.61. The van der Waals surface area contributed by atoms with E-state index in [0.717, 1.165) is 6.42 Å². The fourth-order valence-electron chi connectivity index (χ4n) is 2.17. The molecule has 4 N–H and O–H groups in total. The van der Waals surface area contributed by atoms with Gasteiger partial charge in [-0.15, -0.1) is 4.91 Å². The van der Waals surface area contributed by atoms with Crippen molar-refractivity contribution in [2.45, 2.75) is 31.9 Å². The van der Waals surface area contributed by atoms with Crippen LogP contribution in [0.1, 0.15) is 19.8 Å². The lowest BCUT2D eigenvalue weighted by molar-refractivity contribution is 0.168. The molecule has 0 saturated carbocycles. The molecule has 124 valence electrons. The van der Waals surface area contributed by atoms with E-state index in [4.69, 9.17) is 21.2 Å². The van der Waals surface area contributed by atoms with Crippen molar-refractivity contribution in [3.63, 3.8) is 0 Å². The second kappa shape index (κ2) is 8.03. The quantitative estimate of drug-likeness (QED) is 0.339. The first-order valence-electron chi connectivity index (χ1n) is 7.01. The Hall–Kier alpha value is -2.75. The first-order valence-corrected chi connectivity index (χ1v) is 7.01. The van der Waals surface area contributed by atoms with E-state index in [1.165, 1.54) is 12.1 Å². The molecule has 2 rings (SSSR count). The molecule has 2 atom stereocenters. The molecule has 1 heterocycles. The fraction of sp³-hybridized carbons (Fsp3) is 0.462. The average molecular weight is 322 g/mol. The van der Waals surface area contributed by atoms with Crippen molar-refractivity contribution in [1.82, 2.24) is 0 Å². The van der Waals surface area contributed by atoms with E-state index in [-0.39, 0.29) is 23.9 Å². The van der Waals surface area contributed by atoms with Gasteiger partial charge in [-0.05, 0) is 11.6 Å². The summed E-state index contributed by atoms with van der Waals surface area (Å²) in [5.41, 5.74) is 0.172. The molecular weight excluding hydrogens is 304 g/mol. The lowest BCUT2D eigenvalue weighted by atomic mass is 10.1. The highest BCUT2D eigenvalue weighted by Crippen LogP contribution is 2.29. The highest BCUT2D eigenvalue weighted by atomic mass is 16.6. The van der Waals surface area contributed by atoms with Gasteiger partial charge in [-0.2, -0.15) is 5.90 Å². The van der Waals surface area contributed by atoms with Gasteiger partial charge >= 0.3 is 6.02 Å². The molecule has 0 aromatic heterocycles. The molecule has 1 aliphatic rings. The molecule has 23 heavy (non-hydrogen) atoms. The van der Waals surface area contributed by atoms with Crippen LogP contribution >= 0.6 is 0 Å². The Morgan fingerprint density at radius 3 is 2.87 bits per heavy atom. The second-order valence-corrected chi connectivity index (χ2v) is 4.85. The van der Waals surface area contributed by atoms with Gasteiger partial charge in [-0.25, -0.2) is 4.99 Å². The van der Waals surface area contributed by atoms with Crippen LogP contribution in [-0.4, -0.2) is 24.8 Å². The van der Waals surface area contributed by atoms with Crippen LogP contribution in [0.4, 0.5) is 5.69 Å². The van der Waals surface area contributed by atoms with Gasteiger partial charge < -0.3 is 20.2 Å². The van der Waals surface area contributed by atoms with Crippen LogP contribution < -0.4 is 21.3 Å². The van der Waals surface area contributed by atoms with Crippen molar-refractivity contribution in [1.29, 1.82) is 0 Å². The third-order valence-corrected chi connectivity index (χ3v) is 3.24. The minimum Gasteiger partial charge on any atom is -0.490 e. The zero-order chi connectivity index (χ0) is 16.7. The summed E-state index contributed by atoms with van der Waals surface area (Å²) < 4.78 is 11.1. The third-order valence-electron chi connectivity index (χ3n) is 3.24. The number of nitrogens with zero attached hydrogens (tertiary/aromatic N) is 4. The van der Waals surface area contributed by atoms with E-state index >= 15 is 0 Å². The molecule has 0 fully saturated rings. The number of rotatable bonds is 7. The molecule has 0 radical (unpaired) electrons. The number of hydrogen-bond donors (Lipinski definition) is 2. The highest BCUT2D eigenvalue weighted by molar-refractivity contribution is 5.75. The average Bonchev–Trinajstić information content (AvgIpc) is 3.01. The Bertz CT molecular complexity index is 606. The summed E-state index contributed by atoms with van der Waals surface area (Å²) in [6.07, 6.45) is 1.20. The van der Waals surface area contributed by atoms with Crippen molar-refractivity contribution in [2.24, 2.45) is 32.2 Å². The number of nitroso groups, excluding NO2 is 1. The molecule has 1 aromatic rings. The zero-order valence-corrected chi connectivity index (χ0v) is 12.6. The summed E-state index contributed by atoms with van der Waals surface area (Å²) in [4.78, 5) is 19.6. The van der Waals surface area contributed by atoms with Crippen molar-refractivity contribution >= 4 is 11.7 Å². The minimum atomic E-state index is -0.144. The van der Waals surface area contributed by atoms with Crippen molar-refractivity contribution in [3.05, 3.63) is 23.1 Å². The number of nitrogens with two attached hydrogens (primary N) is 2. The van der Waals surface area contributed by atoms with Crippen molar-refractivity contribution < 1.29 is 14.3 Å². The Balaban J connectivity index is 2.03. The molecule has 0 amide bonds. The highest BCUT2D eigenvalue weighted by Gasteiger charge is 2.23. The molecule has 1 aliphatic heterocycles. The van der Waals surface area contributed by atoms with Crippen LogP contribution in [0, 0.1) is 4.91 Å². The SMILES string of the molecule is CC[C@@H](C[C@H]1COC(N=NN)=N1)Oc1cc(N=O)cc(ON)c1. The molecular formula is C13H18N6O4. The Morgan fingerprint density at radius 2 is 2.22 bits per heavy atom. The monoisotopic (exact) mass is 322 g/mol. The predicted molar refractivity (Wildman–Crippen MR) is 82.3 cm³/mol. The van der Waals surface area contributed by atoms with Crippen LogP contribution in [0.15, 0.2) is 38.7 Å². The Kier molecular flexibility index (Phi) is 5.80. The van der Waals surface area contributed by atoms with Gasteiger partial charge in [0.15, 0.2) is 5.75 Å². The largest absolute Gasteiger partial charge is 0.490 e. The summed E-state index contributed by atoms with van der Waals surface area (Å²) in [6, 6.07) is 4.58. The minimum absolute atomic E-state index is 0.0990. The summed E-state index contributed by atoms with van der Waals surface area (Å²) in [6.45, 7) is 2.37. The normalized spacial score (nSPS) is 18.3. The summed E-state index contributed by atoms with van der Waals surface area (Å²) in [5.74, 6) is 10.8. The van der Waals surface area contributed by atoms with Crippen LogP contribution in [-0.2, 0) is 4.74 Å². The van der Waals surface area contributed by atoms with Crippen molar-refractivity contribution in [3.8, 4) is 11.5 Å². The number of amidine groups is 1. The summed E-state index contributed by atoms with van der Waals surface area (Å²) in [5, 5.41) is 9.54. The van der Waals surface area contributed by atoms with Crippen LogP contribution in [0.25, 0.3) is 0 Å². The van der Waals surface area contributed by atoms with E-state index in [9.17, 15) is 4.91 Å². The van der Waals surface area contributed by atoms with E-state index in [2.05, 4.69) is 25.3 Å². The standard InChI is InChI=1S/C13H18N6O4/c1-2-10(5-9-7-21-13(16-9)17-19-14)22-11-3-8(18-20)4-12(6-11)23-15/h3-4,6,9-10H,2,5,7,15H2,1H3,(H2,14,16,17)/t9-,10-/m0/s1. The maximum absolute atomic E-state index is 10.7. The van der Waals surface area contributed by atoms with Crippen LogP contribution in [0.3, 0.4) is 0 Å². The van der Waals surface area contributed by atoms with E-state index < -0.39 is 0 Å². The molecule has 0 spiro atoms. The smallest absolute Gasteiger partial charge is 0.332 e. The first kappa shape index (κ1) is 16.6. The maximum atomic E-state index is 10.7. The number of benzene rings is 1. The molecule has 0 bridgehead atoms. The number of hydrogen-bond acceptors (Lipinski definition) is 9. The molecule has 1 aromatic carbocycles. The van der Waals surface area contributed by atoms with Gasteiger partial charge in [0.25, 0.3) is 0 Å². The topological polar surface area (TPSA) is 146 Å². The van der Waals surface area contributed by atoms with Gasteiger partial charge in [0.1, 0.15) is 24.1 Å². The van der Waals surface area contributed by atoms with E-state index in [1.54, 1.807) is 6.07 Å². The zero-order valence-electron chi connectivity index (χ0n) is 12.6. The molecule has 10 heteroatoms. The first-order chi connectivity index (χ1) is 11.2. The molecule has 0 unspecified atom stereocenters.